The number of hydrogen-bond acceptors (Lipinski definition) is 11. The van der Waals surface area contributed by atoms with E-state index in [0.29, 0.717) is 65.3 Å². The summed E-state index contributed by atoms with van der Waals surface area (Å²) in [4.78, 5) is 44.4. The van der Waals surface area contributed by atoms with Gasteiger partial charge in [0.05, 0.1) is 53.8 Å². The molecular weight excluding hydrogens is 752 g/mol. The van der Waals surface area contributed by atoms with E-state index in [0.717, 1.165) is 5.56 Å². The highest BCUT2D eigenvalue weighted by molar-refractivity contribution is 9.10. The molecule has 4 aromatic rings. The molecule has 0 unspecified atom stereocenters. The van der Waals surface area contributed by atoms with Crippen molar-refractivity contribution < 1.29 is 38.0 Å². The predicted molar refractivity (Wildman–Crippen MR) is 192 cm³/mol. The van der Waals surface area contributed by atoms with E-state index in [-0.39, 0.29) is 31.0 Å². The number of thiazole rings is 1. The van der Waals surface area contributed by atoms with Gasteiger partial charge in [0.2, 0.25) is 0 Å². The maximum absolute atomic E-state index is 14.2. The van der Waals surface area contributed by atoms with Gasteiger partial charge in [-0.15, -0.1) is 0 Å². The zero-order chi connectivity index (χ0) is 35.9. The first-order valence-electron chi connectivity index (χ1n) is 15.5. The van der Waals surface area contributed by atoms with E-state index in [9.17, 15) is 14.4 Å². The van der Waals surface area contributed by atoms with Crippen molar-refractivity contribution in [3.8, 4) is 23.0 Å². The fraction of sp³-hybridized carbons (Fsp3) is 0.278. The van der Waals surface area contributed by atoms with E-state index in [1.54, 1.807) is 63.2 Å². The molecule has 0 radical (unpaired) electrons. The van der Waals surface area contributed by atoms with Crippen molar-refractivity contribution in [2.45, 2.75) is 33.4 Å². The highest BCUT2D eigenvalue weighted by atomic mass is 79.9. The summed E-state index contributed by atoms with van der Waals surface area (Å²) < 4.78 is 35.8. The number of esters is 2. The SMILES string of the molecule is CCOC(=O)C1=C(C)N=c2s/c(=C\c3cc(Br)c(OCc4ccc(Cl)cc4)c(OC)c3)c(=O)n2[C@H]1c1ccc(OCC(=O)OC)c(OCC)c1. The summed E-state index contributed by atoms with van der Waals surface area (Å²) in [6.45, 7) is 5.61. The molecule has 1 atom stereocenters. The smallest absolute Gasteiger partial charge is 0.343 e. The predicted octanol–water partition coefficient (Wildman–Crippen LogP) is 5.75. The van der Waals surface area contributed by atoms with Gasteiger partial charge in [0.25, 0.3) is 5.56 Å². The van der Waals surface area contributed by atoms with Gasteiger partial charge in [0.1, 0.15) is 6.61 Å². The average Bonchev–Trinajstić information content (AvgIpc) is 3.40. The number of fused-ring (bicyclic) bond motifs is 1. The molecule has 14 heteroatoms. The summed E-state index contributed by atoms with van der Waals surface area (Å²) in [7, 11) is 2.81. The number of ether oxygens (including phenoxy) is 6. The van der Waals surface area contributed by atoms with Crippen LogP contribution in [0.3, 0.4) is 0 Å². The Morgan fingerprint density at radius 2 is 1.74 bits per heavy atom. The monoisotopic (exact) mass is 784 g/mol. The summed E-state index contributed by atoms with van der Waals surface area (Å²) in [5.41, 5.74) is 2.41. The Hall–Kier alpha value is -4.59. The molecule has 1 aromatic heterocycles. The standard InChI is InChI=1S/C36H34BrClN2O9S/c1-6-46-27-17-23(10-13-26(27)48-19-30(41)45-5)32-31(35(43)47-7-2)20(3)39-36-40(32)34(42)29(50-36)16-22-14-25(37)33(28(15-22)44-4)49-18-21-8-11-24(38)12-9-21/h8-17,32H,6-7,18-19H2,1-5H3/b29-16-/t32-/m0/s1. The molecule has 5 rings (SSSR count). The molecule has 0 N–H and O–H groups in total. The van der Waals surface area contributed by atoms with Crippen molar-refractivity contribution in [1.82, 2.24) is 4.57 Å². The molecule has 11 nitrogen and oxygen atoms in total. The number of aromatic nitrogens is 1. The minimum atomic E-state index is -0.897. The van der Waals surface area contributed by atoms with E-state index < -0.39 is 18.0 Å². The molecule has 0 saturated heterocycles. The van der Waals surface area contributed by atoms with E-state index in [4.69, 9.17) is 35.3 Å². The number of methoxy groups -OCH3 is 2. The van der Waals surface area contributed by atoms with Crippen molar-refractivity contribution in [1.29, 1.82) is 0 Å². The maximum Gasteiger partial charge on any atom is 0.343 e. The molecule has 262 valence electrons. The van der Waals surface area contributed by atoms with Crippen LogP contribution in [0.25, 0.3) is 6.08 Å². The number of halogens is 2. The summed E-state index contributed by atoms with van der Waals surface area (Å²) in [6, 6.07) is 15.1. The van der Waals surface area contributed by atoms with Gasteiger partial charge in [-0.3, -0.25) is 9.36 Å². The number of allylic oxidation sites excluding steroid dienone is 1. The Labute approximate surface area is 305 Å². The molecule has 0 fully saturated rings. The van der Waals surface area contributed by atoms with E-state index in [2.05, 4.69) is 25.7 Å². The third-order valence-electron chi connectivity index (χ3n) is 7.52. The lowest BCUT2D eigenvalue weighted by Crippen LogP contribution is -2.40. The van der Waals surface area contributed by atoms with Gasteiger partial charge in [0.15, 0.2) is 34.4 Å². The Morgan fingerprint density at radius 1 is 0.980 bits per heavy atom. The van der Waals surface area contributed by atoms with Crippen molar-refractivity contribution in [3.63, 3.8) is 0 Å². The fourth-order valence-electron chi connectivity index (χ4n) is 5.24. The number of rotatable bonds is 13. The molecule has 0 bridgehead atoms. The first kappa shape index (κ1) is 36.7. The van der Waals surface area contributed by atoms with Gasteiger partial charge in [0, 0.05) is 5.02 Å². The normalized spacial score (nSPS) is 14.1. The minimum Gasteiger partial charge on any atom is -0.493 e. The van der Waals surface area contributed by atoms with Gasteiger partial charge in [-0.2, -0.15) is 0 Å². The number of carbonyl (C=O) groups excluding carboxylic acids is 2. The zero-order valence-electron chi connectivity index (χ0n) is 27.9. The minimum absolute atomic E-state index is 0.132. The van der Waals surface area contributed by atoms with Crippen molar-refractivity contribution in [2.75, 3.05) is 34.0 Å². The fourth-order valence-corrected chi connectivity index (χ4v) is 6.98. The summed E-state index contributed by atoms with van der Waals surface area (Å²) >= 11 is 10.8. The number of benzene rings is 3. The molecule has 0 spiro atoms. The van der Waals surface area contributed by atoms with E-state index in [1.807, 2.05) is 18.2 Å². The summed E-state index contributed by atoms with van der Waals surface area (Å²) in [5, 5.41) is 0.635. The van der Waals surface area contributed by atoms with Crippen LogP contribution in [0.4, 0.5) is 0 Å². The van der Waals surface area contributed by atoms with Gasteiger partial charge >= 0.3 is 11.9 Å². The van der Waals surface area contributed by atoms with Crippen LogP contribution in [0.1, 0.15) is 43.5 Å². The van der Waals surface area contributed by atoms with Crippen LogP contribution in [0.5, 0.6) is 23.0 Å². The topological polar surface area (TPSA) is 124 Å². The second-order valence-electron chi connectivity index (χ2n) is 10.8. The molecule has 0 aliphatic carbocycles. The van der Waals surface area contributed by atoms with E-state index >= 15 is 0 Å². The van der Waals surface area contributed by atoms with Crippen LogP contribution in [0.15, 0.2) is 80.1 Å². The number of hydrogen-bond donors (Lipinski definition) is 0. The Bertz CT molecular complexity index is 2130. The average molecular weight is 786 g/mol. The third-order valence-corrected chi connectivity index (χ3v) is 9.34. The quantitative estimate of drug-likeness (QED) is 0.156. The van der Waals surface area contributed by atoms with Crippen LogP contribution in [-0.4, -0.2) is 50.5 Å². The lowest BCUT2D eigenvalue weighted by molar-refractivity contribution is -0.143. The van der Waals surface area contributed by atoms with Crippen LogP contribution in [-0.2, 0) is 25.7 Å². The highest BCUT2D eigenvalue weighted by Crippen LogP contribution is 2.38. The second kappa shape index (κ2) is 16.4. The molecule has 0 saturated carbocycles. The van der Waals surface area contributed by atoms with Crippen LogP contribution >= 0.6 is 38.9 Å². The highest BCUT2D eigenvalue weighted by Gasteiger charge is 2.34. The van der Waals surface area contributed by atoms with Crippen molar-refractivity contribution >= 4 is 56.9 Å². The van der Waals surface area contributed by atoms with Gasteiger partial charge in [-0.05, 0) is 95.9 Å². The molecule has 1 aliphatic heterocycles. The van der Waals surface area contributed by atoms with Crippen LogP contribution in [0, 0.1) is 0 Å². The Balaban J connectivity index is 1.58. The molecular formula is C36H34BrClN2O9S. The van der Waals surface area contributed by atoms with Crippen molar-refractivity contribution in [3.05, 3.63) is 112 Å². The molecule has 2 heterocycles. The van der Waals surface area contributed by atoms with Crippen LogP contribution in [0.2, 0.25) is 5.02 Å². The van der Waals surface area contributed by atoms with Crippen LogP contribution < -0.4 is 33.8 Å². The summed E-state index contributed by atoms with van der Waals surface area (Å²) in [6.07, 6.45) is 1.73. The first-order chi connectivity index (χ1) is 24.1. The van der Waals surface area contributed by atoms with E-state index in [1.165, 1.54) is 30.1 Å². The van der Waals surface area contributed by atoms with Crippen molar-refractivity contribution in [2.24, 2.45) is 4.99 Å². The molecule has 50 heavy (non-hydrogen) atoms. The number of nitrogens with zero attached hydrogens (tertiary/aromatic N) is 2. The maximum atomic E-state index is 14.2. The Morgan fingerprint density at radius 3 is 2.42 bits per heavy atom. The first-order valence-corrected chi connectivity index (χ1v) is 17.5. The molecule has 3 aromatic carbocycles. The largest absolute Gasteiger partial charge is 0.493 e. The molecule has 0 amide bonds. The zero-order valence-corrected chi connectivity index (χ0v) is 31.1. The van der Waals surface area contributed by atoms with Gasteiger partial charge < -0.3 is 28.4 Å². The summed E-state index contributed by atoms with van der Waals surface area (Å²) in [5.74, 6) is 0.427. The Kier molecular flexibility index (Phi) is 12.0. The molecule has 1 aliphatic rings. The number of carbonyl (C=O) groups is 2. The lowest BCUT2D eigenvalue weighted by Gasteiger charge is -2.25. The van der Waals surface area contributed by atoms with Gasteiger partial charge in [-0.1, -0.05) is 41.1 Å². The third kappa shape index (κ3) is 8.06. The second-order valence-corrected chi connectivity index (χ2v) is 13.1. The van der Waals surface area contributed by atoms with Gasteiger partial charge in [-0.25, -0.2) is 14.6 Å². The lowest BCUT2D eigenvalue weighted by atomic mass is 9.95.